The molecule has 0 atom stereocenters. The first-order valence-electron chi connectivity index (χ1n) is 4.47. The number of hydrogen-bond acceptors (Lipinski definition) is 2. The van der Waals surface area contributed by atoms with Crippen molar-refractivity contribution in [2.75, 3.05) is 11.5 Å². The predicted molar refractivity (Wildman–Crippen MR) is 70.6 cm³/mol. The van der Waals surface area contributed by atoms with Gasteiger partial charge in [0.2, 0.25) is 0 Å². The van der Waals surface area contributed by atoms with Crippen LogP contribution in [0.2, 0.25) is 0 Å². The number of nitrogens with two attached hydrogens (primary N) is 2. The summed E-state index contributed by atoms with van der Waals surface area (Å²) in [5.74, 6) is 0. The standard InChI is InChI=1S/C12H12N2.Ga.3H/c13-11-5-1-9(2-6-11)10-3-7-12(14)8-4-10;;;;/h1-8H,13-14H2;;;;. The molecule has 4 N–H and O–H groups in total. The number of anilines is 2. The van der Waals surface area contributed by atoms with Crippen molar-refractivity contribution < 1.29 is 0 Å². The van der Waals surface area contributed by atoms with Crippen molar-refractivity contribution in [2.45, 2.75) is 0 Å². The molecule has 2 rings (SSSR count). The molecule has 3 heteroatoms. The molecule has 2 nitrogen and oxygen atoms in total. The Morgan fingerprint density at radius 1 is 0.533 bits per heavy atom. The number of rotatable bonds is 1. The van der Waals surface area contributed by atoms with Gasteiger partial charge in [-0.2, -0.15) is 0 Å². The maximum absolute atomic E-state index is 5.61. The van der Waals surface area contributed by atoms with Crippen LogP contribution in [0.4, 0.5) is 11.4 Å². The van der Waals surface area contributed by atoms with Crippen LogP contribution in [0.1, 0.15) is 0 Å². The molecular formula is C12H15GaN2. The van der Waals surface area contributed by atoms with E-state index in [1.807, 2.05) is 48.5 Å². The minimum atomic E-state index is 0. The van der Waals surface area contributed by atoms with E-state index in [-0.39, 0.29) is 19.8 Å². The Hall–Kier alpha value is -1.32. The molecule has 2 aromatic rings. The Balaban J connectivity index is 0.00000112. The van der Waals surface area contributed by atoms with E-state index in [0.29, 0.717) is 0 Å². The van der Waals surface area contributed by atoms with Gasteiger partial charge < -0.3 is 11.5 Å². The van der Waals surface area contributed by atoms with Gasteiger partial charge in [0.25, 0.3) is 0 Å². The Kier molecular flexibility index (Phi) is 3.88. The molecule has 0 heterocycles. The Bertz CT molecular complexity index is 377. The molecule has 0 amide bonds. The van der Waals surface area contributed by atoms with E-state index < -0.39 is 0 Å². The summed E-state index contributed by atoms with van der Waals surface area (Å²) in [7, 11) is 0. The molecule has 15 heavy (non-hydrogen) atoms. The number of hydrogen-bond donors (Lipinski definition) is 2. The van der Waals surface area contributed by atoms with Crippen LogP contribution in [0.5, 0.6) is 0 Å². The Morgan fingerprint density at radius 3 is 1.07 bits per heavy atom. The average molecular weight is 257 g/mol. The Morgan fingerprint density at radius 2 is 0.800 bits per heavy atom. The second-order valence-corrected chi connectivity index (χ2v) is 3.24. The van der Waals surface area contributed by atoms with Gasteiger partial charge in [-0.15, -0.1) is 0 Å². The molecule has 0 spiro atoms. The van der Waals surface area contributed by atoms with Crippen molar-refractivity contribution in [3.63, 3.8) is 0 Å². The molecule has 0 aliphatic rings. The normalized spacial score (nSPS) is 9.33. The molecule has 2 aromatic carbocycles. The van der Waals surface area contributed by atoms with Crippen LogP contribution >= 0.6 is 0 Å². The van der Waals surface area contributed by atoms with E-state index >= 15 is 0 Å². The quantitative estimate of drug-likeness (QED) is 0.598. The van der Waals surface area contributed by atoms with E-state index in [1.54, 1.807) is 0 Å². The van der Waals surface area contributed by atoms with Gasteiger partial charge in [0.05, 0.1) is 0 Å². The molecule has 0 aliphatic heterocycles. The van der Waals surface area contributed by atoms with Gasteiger partial charge in [0.15, 0.2) is 0 Å². The van der Waals surface area contributed by atoms with Crippen molar-refractivity contribution in [1.29, 1.82) is 0 Å². The molecule has 0 aromatic heterocycles. The van der Waals surface area contributed by atoms with Gasteiger partial charge in [-0.25, -0.2) is 0 Å². The molecule has 0 unspecified atom stereocenters. The molecule has 0 bridgehead atoms. The molecule has 0 radical (unpaired) electrons. The van der Waals surface area contributed by atoms with Gasteiger partial charge >= 0.3 is 19.8 Å². The van der Waals surface area contributed by atoms with Crippen molar-refractivity contribution in [1.82, 2.24) is 0 Å². The molecule has 0 aliphatic carbocycles. The summed E-state index contributed by atoms with van der Waals surface area (Å²) in [5, 5.41) is 0. The van der Waals surface area contributed by atoms with Crippen molar-refractivity contribution in [3.8, 4) is 11.1 Å². The zero-order valence-electron chi connectivity index (χ0n) is 7.77. The summed E-state index contributed by atoms with van der Waals surface area (Å²) >= 11 is 0. The fourth-order valence-corrected chi connectivity index (χ4v) is 1.35. The van der Waals surface area contributed by atoms with Crippen LogP contribution in [0.15, 0.2) is 48.5 Å². The second-order valence-electron chi connectivity index (χ2n) is 3.24. The van der Waals surface area contributed by atoms with Crippen molar-refractivity contribution in [3.05, 3.63) is 48.5 Å². The second kappa shape index (κ2) is 4.95. The summed E-state index contributed by atoms with van der Waals surface area (Å²) in [6, 6.07) is 15.6. The zero-order valence-corrected chi connectivity index (χ0v) is 7.77. The summed E-state index contributed by atoms with van der Waals surface area (Å²) in [6.45, 7) is 0. The third-order valence-electron chi connectivity index (χ3n) is 2.15. The van der Waals surface area contributed by atoms with Gasteiger partial charge in [-0.1, -0.05) is 24.3 Å². The van der Waals surface area contributed by atoms with Crippen LogP contribution in [-0.4, -0.2) is 19.8 Å². The first-order valence-corrected chi connectivity index (χ1v) is 4.47. The first kappa shape index (κ1) is 11.7. The molecule has 0 saturated heterocycles. The van der Waals surface area contributed by atoms with E-state index in [0.717, 1.165) is 22.5 Å². The van der Waals surface area contributed by atoms with Crippen LogP contribution in [0.25, 0.3) is 11.1 Å². The minimum absolute atomic E-state index is 0. The van der Waals surface area contributed by atoms with E-state index in [9.17, 15) is 0 Å². The maximum atomic E-state index is 5.61. The Labute approximate surface area is 102 Å². The van der Waals surface area contributed by atoms with Crippen molar-refractivity contribution >= 4 is 31.2 Å². The topological polar surface area (TPSA) is 52.0 Å². The first-order chi connectivity index (χ1) is 6.75. The summed E-state index contributed by atoms with van der Waals surface area (Å²) in [4.78, 5) is 0. The zero-order chi connectivity index (χ0) is 9.97. The van der Waals surface area contributed by atoms with Crippen LogP contribution < -0.4 is 11.5 Å². The van der Waals surface area contributed by atoms with E-state index in [4.69, 9.17) is 11.5 Å². The van der Waals surface area contributed by atoms with Gasteiger partial charge in [0, 0.05) is 11.4 Å². The predicted octanol–water partition coefficient (Wildman–Crippen LogP) is 1.33. The number of nitrogen functional groups attached to an aromatic ring is 2. The number of benzene rings is 2. The van der Waals surface area contributed by atoms with E-state index in [2.05, 4.69) is 0 Å². The molecular weight excluding hydrogens is 242 g/mol. The molecule has 0 saturated carbocycles. The fourth-order valence-electron chi connectivity index (χ4n) is 1.35. The van der Waals surface area contributed by atoms with Gasteiger partial charge in [0.1, 0.15) is 0 Å². The third kappa shape index (κ3) is 2.81. The summed E-state index contributed by atoms with van der Waals surface area (Å²) < 4.78 is 0. The molecule has 76 valence electrons. The summed E-state index contributed by atoms with van der Waals surface area (Å²) in [5.41, 5.74) is 15.1. The van der Waals surface area contributed by atoms with Gasteiger partial charge in [-0.05, 0) is 35.4 Å². The van der Waals surface area contributed by atoms with Crippen LogP contribution in [0.3, 0.4) is 0 Å². The monoisotopic (exact) mass is 256 g/mol. The van der Waals surface area contributed by atoms with Crippen molar-refractivity contribution in [2.24, 2.45) is 0 Å². The average Bonchev–Trinajstić information content (AvgIpc) is 2.21. The van der Waals surface area contributed by atoms with Crippen LogP contribution in [0, 0.1) is 0 Å². The van der Waals surface area contributed by atoms with Gasteiger partial charge in [-0.3, -0.25) is 0 Å². The summed E-state index contributed by atoms with van der Waals surface area (Å²) in [6.07, 6.45) is 0. The fraction of sp³-hybridized carbons (Fsp3) is 0. The van der Waals surface area contributed by atoms with Crippen LogP contribution in [-0.2, 0) is 0 Å². The SMILES string of the molecule is Nc1ccc(-c2ccc(N)cc2)cc1.[GaH3]. The molecule has 0 fully saturated rings. The van der Waals surface area contributed by atoms with E-state index in [1.165, 1.54) is 0 Å². The third-order valence-corrected chi connectivity index (χ3v) is 2.15.